The van der Waals surface area contributed by atoms with Crippen molar-refractivity contribution in [1.82, 2.24) is 19.7 Å². The highest BCUT2D eigenvalue weighted by Gasteiger charge is 2.13. The fraction of sp³-hybridized carbons (Fsp3) is 0.222. The minimum absolute atomic E-state index is 0.0123. The van der Waals surface area contributed by atoms with Gasteiger partial charge in [-0.05, 0) is 0 Å². The number of esters is 1. The molecule has 0 aromatic carbocycles. The molecule has 18 heavy (non-hydrogen) atoms. The number of carbonyl (C=O) groups is 2. The van der Waals surface area contributed by atoms with Crippen molar-refractivity contribution in [3.63, 3.8) is 0 Å². The van der Waals surface area contributed by atoms with E-state index in [1.165, 1.54) is 18.1 Å². The van der Waals surface area contributed by atoms with Crippen molar-refractivity contribution in [2.45, 2.75) is 6.54 Å². The van der Waals surface area contributed by atoms with Crippen molar-refractivity contribution in [1.29, 1.82) is 0 Å². The summed E-state index contributed by atoms with van der Waals surface area (Å²) in [6.45, 7) is 0.244. The van der Waals surface area contributed by atoms with Crippen LogP contribution in [0.25, 0.3) is 0 Å². The van der Waals surface area contributed by atoms with Crippen molar-refractivity contribution < 1.29 is 19.4 Å². The molecule has 2 aromatic heterocycles. The van der Waals surface area contributed by atoms with Crippen LogP contribution in [0.15, 0.2) is 11.7 Å². The Hall–Kier alpha value is -2.29. The maximum absolute atomic E-state index is 11.1. The first-order valence-corrected chi connectivity index (χ1v) is 5.63. The lowest BCUT2D eigenvalue weighted by Crippen LogP contribution is -2.07. The number of aromatic carboxylic acids is 1. The monoisotopic (exact) mass is 268 g/mol. The van der Waals surface area contributed by atoms with E-state index in [9.17, 15) is 9.59 Å². The van der Waals surface area contributed by atoms with Gasteiger partial charge in [-0.15, -0.1) is 16.4 Å². The van der Waals surface area contributed by atoms with Gasteiger partial charge in [-0.2, -0.15) is 0 Å². The van der Waals surface area contributed by atoms with E-state index in [1.54, 1.807) is 5.38 Å². The van der Waals surface area contributed by atoms with E-state index < -0.39 is 11.9 Å². The van der Waals surface area contributed by atoms with Crippen molar-refractivity contribution in [3.8, 4) is 0 Å². The number of rotatable bonds is 4. The third kappa shape index (κ3) is 2.51. The Balaban J connectivity index is 2.11. The minimum atomic E-state index is -1.07. The molecule has 8 nitrogen and oxygen atoms in total. The fourth-order valence-electron chi connectivity index (χ4n) is 1.20. The summed E-state index contributed by atoms with van der Waals surface area (Å²) in [7, 11) is 1.24. The minimum Gasteiger partial charge on any atom is -0.476 e. The predicted octanol–water partition coefficient (Wildman–Crippen LogP) is 0.268. The highest BCUT2D eigenvalue weighted by molar-refractivity contribution is 7.11. The number of carboxylic acid groups (broad SMARTS) is 1. The van der Waals surface area contributed by atoms with Crippen LogP contribution in [0, 0.1) is 0 Å². The van der Waals surface area contributed by atoms with E-state index in [0.717, 1.165) is 11.3 Å². The summed E-state index contributed by atoms with van der Waals surface area (Å²) in [5, 5.41) is 14.2. The normalized spacial score (nSPS) is 10.3. The zero-order valence-corrected chi connectivity index (χ0v) is 10.0. The molecular weight excluding hydrogens is 260 g/mol. The molecule has 0 aliphatic carbocycles. The molecule has 0 radical (unpaired) electrons. The zero-order chi connectivity index (χ0) is 13.1. The lowest BCUT2D eigenvalue weighted by atomic mass is 10.5. The average molecular weight is 268 g/mol. The molecule has 0 atom stereocenters. The number of ether oxygens (including phenoxy) is 1. The van der Waals surface area contributed by atoms with Crippen LogP contribution >= 0.6 is 11.3 Å². The Labute approximate surface area is 105 Å². The predicted molar refractivity (Wildman–Crippen MR) is 59.5 cm³/mol. The van der Waals surface area contributed by atoms with Gasteiger partial charge in [-0.25, -0.2) is 24.2 Å². The van der Waals surface area contributed by atoms with Gasteiger partial charge >= 0.3 is 11.9 Å². The van der Waals surface area contributed by atoms with Gasteiger partial charge in [0.05, 0.1) is 19.3 Å². The molecule has 0 aliphatic heterocycles. The quantitative estimate of drug-likeness (QED) is 0.793. The van der Waals surface area contributed by atoms with Crippen LogP contribution in [-0.2, 0) is 11.3 Å². The van der Waals surface area contributed by atoms with E-state index >= 15 is 0 Å². The first-order chi connectivity index (χ1) is 8.60. The van der Waals surface area contributed by atoms with Crippen molar-refractivity contribution in [2.24, 2.45) is 0 Å². The van der Waals surface area contributed by atoms with Crippen molar-refractivity contribution in [2.75, 3.05) is 7.11 Å². The van der Waals surface area contributed by atoms with E-state index in [2.05, 4.69) is 19.8 Å². The van der Waals surface area contributed by atoms with Gasteiger partial charge in [0.2, 0.25) is 5.01 Å². The zero-order valence-electron chi connectivity index (χ0n) is 9.23. The van der Waals surface area contributed by atoms with E-state index in [-0.39, 0.29) is 17.4 Å². The maximum atomic E-state index is 11.1. The second-order valence-corrected chi connectivity index (χ2v) is 4.06. The molecule has 0 fully saturated rings. The second-order valence-electron chi connectivity index (χ2n) is 3.21. The van der Waals surface area contributed by atoms with Crippen LogP contribution in [0.2, 0.25) is 0 Å². The van der Waals surface area contributed by atoms with Crippen LogP contribution in [0.4, 0.5) is 0 Å². The highest BCUT2D eigenvalue weighted by Crippen LogP contribution is 2.10. The Kier molecular flexibility index (Phi) is 3.33. The molecule has 0 saturated carbocycles. The fourth-order valence-corrected chi connectivity index (χ4v) is 1.85. The number of thiazole rings is 1. The van der Waals surface area contributed by atoms with E-state index in [4.69, 9.17) is 5.11 Å². The van der Waals surface area contributed by atoms with Gasteiger partial charge in [-0.1, -0.05) is 0 Å². The number of carbonyl (C=O) groups excluding carboxylic acids is 1. The molecule has 94 valence electrons. The van der Waals surface area contributed by atoms with E-state index in [0.29, 0.717) is 5.69 Å². The number of hydrogen-bond donors (Lipinski definition) is 1. The lowest BCUT2D eigenvalue weighted by molar-refractivity contribution is 0.0585. The SMILES string of the molecule is COC(=O)c1ncn(Cc2csc(C(=O)O)n2)n1. The number of methoxy groups -OCH3 is 1. The topological polar surface area (TPSA) is 107 Å². The lowest BCUT2D eigenvalue weighted by Gasteiger charge is -1.95. The molecule has 0 saturated heterocycles. The molecule has 0 unspecified atom stereocenters. The summed E-state index contributed by atoms with van der Waals surface area (Å²) < 4.78 is 5.85. The van der Waals surface area contributed by atoms with Crippen LogP contribution < -0.4 is 0 Å². The van der Waals surface area contributed by atoms with E-state index in [1.807, 2.05) is 0 Å². The number of hydrogen-bond acceptors (Lipinski definition) is 7. The number of nitrogens with zero attached hydrogens (tertiary/aromatic N) is 4. The van der Waals surface area contributed by atoms with Gasteiger partial charge in [0.1, 0.15) is 6.33 Å². The van der Waals surface area contributed by atoms with Crippen molar-refractivity contribution in [3.05, 3.63) is 28.2 Å². The van der Waals surface area contributed by atoms with Crippen LogP contribution in [0.5, 0.6) is 0 Å². The first kappa shape index (κ1) is 12.2. The Bertz CT molecular complexity index is 591. The molecule has 2 heterocycles. The van der Waals surface area contributed by atoms with Gasteiger partial charge in [0, 0.05) is 5.38 Å². The molecule has 0 amide bonds. The molecule has 1 N–H and O–H groups in total. The van der Waals surface area contributed by atoms with Gasteiger partial charge in [0.15, 0.2) is 0 Å². The molecule has 2 rings (SSSR count). The standard InChI is InChI=1S/C9H8N4O4S/c1-17-9(16)6-10-4-13(12-6)2-5-3-18-7(11-5)8(14)15/h3-4H,2H2,1H3,(H,14,15). The van der Waals surface area contributed by atoms with Crippen LogP contribution in [0.1, 0.15) is 26.1 Å². The molecule has 0 bridgehead atoms. The number of aromatic nitrogens is 4. The Morgan fingerprint density at radius 2 is 2.33 bits per heavy atom. The smallest absolute Gasteiger partial charge is 0.377 e. The summed E-state index contributed by atoms with van der Waals surface area (Å²) in [4.78, 5) is 29.4. The highest BCUT2D eigenvalue weighted by atomic mass is 32.1. The molecule has 2 aromatic rings. The molecule has 0 aliphatic rings. The maximum Gasteiger partial charge on any atom is 0.377 e. The van der Waals surface area contributed by atoms with Crippen LogP contribution in [0.3, 0.4) is 0 Å². The summed E-state index contributed by atoms with van der Waals surface area (Å²) in [5.74, 6) is -1.75. The summed E-state index contributed by atoms with van der Waals surface area (Å²) in [5.41, 5.74) is 0.540. The third-order valence-corrected chi connectivity index (χ3v) is 2.84. The molecule has 9 heteroatoms. The summed E-state index contributed by atoms with van der Waals surface area (Å²) >= 11 is 1.03. The van der Waals surface area contributed by atoms with Gasteiger partial charge in [0.25, 0.3) is 5.82 Å². The van der Waals surface area contributed by atoms with Crippen molar-refractivity contribution >= 4 is 23.3 Å². The Morgan fingerprint density at radius 1 is 1.56 bits per heavy atom. The Morgan fingerprint density at radius 3 is 2.94 bits per heavy atom. The van der Waals surface area contributed by atoms with Crippen LogP contribution in [-0.4, -0.2) is 43.9 Å². The average Bonchev–Trinajstić information content (AvgIpc) is 2.98. The summed E-state index contributed by atoms with van der Waals surface area (Å²) in [6, 6.07) is 0. The largest absolute Gasteiger partial charge is 0.476 e. The molecule has 0 spiro atoms. The van der Waals surface area contributed by atoms with Gasteiger partial charge in [-0.3, -0.25) is 0 Å². The third-order valence-electron chi connectivity index (χ3n) is 1.96. The summed E-state index contributed by atoms with van der Waals surface area (Å²) in [6.07, 6.45) is 1.35. The second kappa shape index (κ2) is 4.92. The molecular formula is C9H8N4O4S. The number of carboxylic acids is 1. The van der Waals surface area contributed by atoms with Gasteiger partial charge < -0.3 is 9.84 Å². The first-order valence-electron chi connectivity index (χ1n) is 4.75.